The third kappa shape index (κ3) is 4.43. The summed E-state index contributed by atoms with van der Waals surface area (Å²) in [6, 6.07) is 7.87. The molecule has 27 heavy (non-hydrogen) atoms. The van der Waals surface area contributed by atoms with E-state index in [0.717, 1.165) is 12.2 Å². The van der Waals surface area contributed by atoms with Gasteiger partial charge in [-0.05, 0) is 36.3 Å². The Bertz CT molecular complexity index is 986. The van der Waals surface area contributed by atoms with E-state index < -0.39 is 10.8 Å². The van der Waals surface area contributed by atoms with Gasteiger partial charge in [0.1, 0.15) is 5.82 Å². The summed E-state index contributed by atoms with van der Waals surface area (Å²) >= 11 is 1.44. The van der Waals surface area contributed by atoms with Gasteiger partial charge in [-0.3, -0.25) is 14.9 Å². The molecule has 1 N–H and O–H groups in total. The van der Waals surface area contributed by atoms with Crippen molar-refractivity contribution in [3.05, 3.63) is 58.4 Å². The maximum atomic E-state index is 12.6. The van der Waals surface area contributed by atoms with Crippen LogP contribution in [0.2, 0.25) is 0 Å². The van der Waals surface area contributed by atoms with Crippen molar-refractivity contribution in [2.75, 3.05) is 11.1 Å². The molecule has 8 nitrogen and oxygen atoms in total. The van der Waals surface area contributed by atoms with Crippen LogP contribution < -0.4 is 5.32 Å². The fourth-order valence-electron chi connectivity index (χ4n) is 2.45. The largest absolute Gasteiger partial charge is 0.306 e. The summed E-state index contributed by atoms with van der Waals surface area (Å²) in [6.07, 6.45) is 4.10. The average molecular weight is 385 g/mol. The molecular weight excluding hydrogens is 366 g/mol. The Morgan fingerprint density at radius 1 is 1.30 bits per heavy atom. The van der Waals surface area contributed by atoms with Crippen molar-refractivity contribution in [3.8, 4) is 0 Å². The number of nitrogens with zero attached hydrogens (tertiary/aromatic N) is 4. The number of amides is 1. The van der Waals surface area contributed by atoms with Crippen molar-refractivity contribution in [2.45, 2.75) is 25.2 Å². The second kappa shape index (κ2) is 8.17. The van der Waals surface area contributed by atoms with E-state index in [1.165, 1.54) is 22.3 Å². The molecule has 0 atom stereocenters. The molecule has 2 aromatic heterocycles. The van der Waals surface area contributed by atoms with E-state index in [2.05, 4.69) is 29.2 Å². The predicted molar refractivity (Wildman–Crippen MR) is 104 cm³/mol. The second-order valence-electron chi connectivity index (χ2n) is 6.36. The first-order valence-electron chi connectivity index (χ1n) is 8.47. The number of anilines is 1. The smallest absolute Gasteiger partial charge is 0.283 e. The van der Waals surface area contributed by atoms with Crippen molar-refractivity contribution in [3.63, 3.8) is 0 Å². The van der Waals surface area contributed by atoms with Crippen LogP contribution in [0, 0.1) is 16.0 Å². The first kappa shape index (κ1) is 18.8. The van der Waals surface area contributed by atoms with Crippen molar-refractivity contribution < 1.29 is 9.72 Å². The molecule has 9 heteroatoms. The number of aromatic nitrogens is 3. The lowest BCUT2D eigenvalue weighted by molar-refractivity contribution is -0.387. The number of rotatable bonds is 7. The van der Waals surface area contributed by atoms with Crippen LogP contribution in [0.4, 0.5) is 11.5 Å². The molecular formula is C18H19N5O3S. The highest BCUT2D eigenvalue weighted by Crippen LogP contribution is 2.31. The third-order valence-corrected chi connectivity index (χ3v) is 5.00. The Hall–Kier alpha value is -2.94. The summed E-state index contributed by atoms with van der Waals surface area (Å²) < 4.78 is 1.49. The van der Waals surface area contributed by atoms with Crippen LogP contribution >= 0.6 is 11.8 Å². The Kier molecular flexibility index (Phi) is 5.70. The van der Waals surface area contributed by atoms with E-state index in [9.17, 15) is 14.9 Å². The molecule has 0 aliphatic heterocycles. The van der Waals surface area contributed by atoms with Crippen LogP contribution in [0.25, 0.3) is 5.65 Å². The molecule has 0 aliphatic rings. The van der Waals surface area contributed by atoms with Crippen LogP contribution in [-0.4, -0.2) is 31.2 Å². The SMILES string of the molecule is CC(C)CCSc1ccc(C(=O)Nc2ccnc3ccnn23)cc1[N+](=O)[O-]. The summed E-state index contributed by atoms with van der Waals surface area (Å²) in [7, 11) is 0. The molecule has 1 amide bonds. The molecule has 0 bridgehead atoms. The van der Waals surface area contributed by atoms with Gasteiger partial charge in [-0.2, -0.15) is 9.61 Å². The molecule has 0 unspecified atom stereocenters. The van der Waals surface area contributed by atoms with Crippen LogP contribution in [0.15, 0.2) is 47.6 Å². The number of nitrogens with one attached hydrogen (secondary N) is 1. The fourth-order valence-corrected chi connectivity index (χ4v) is 3.70. The molecule has 2 heterocycles. The minimum Gasteiger partial charge on any atom is -0.306 e. The quantitative estimate of drug-likeness (QED) is 0.374. The van der Waals surface area contributed by atoms with Crippen molar-refractivity contribution >= 4 is 34.8 Å². The van der Waals surface area contributed by atoms with E-state index in [1.54, 1.807) is 36.7 Å². The van der Waals surface area contributed by atoms with E-state index in [0.29, 0.717) is 22.3 Å². The highest BCUT2D eigenvalue weighted by Gasteiger charge is 2.18. The van der Waals surface area contributed by atoms with E-state index >= 15 is 0 Å². The number of carbonyl (C=O) groups excluding carboxylic acids is 1. The van der Waals surface area contributed by atoms with E-state index in [1.807, 2.05) is 0 Å². The van der Waals surface area contributed by atoms with Gasteiger partial charge in [0.2, 0.25) is 0 Å². The van der Waals surface area contributed by atoms with Gasteiger partial charge in [-0.15, -0.1) is 11.8 Å². The number of fused-ring (bicyclic) bond motifs is 1. The van der Waals surface area contributed by atoms with Gasteiger partial charge in [0.15, 0.2) is 5.65 Å². The molecule has 0 fully saturated rings. The number of nitro benzene ring substituents is 1. The Labute approximate surface area is 160 Å². The van der Waals surface area contributed by atoms with Gasteiger partial charge >= 0.3 is 0 Å². The number of carbonyl (C=O) groups is 1. The molecule has 1 aromatic carbocycles. The molecule has 0 spiro atoms. The Balaban J connectivity index is 1.81. The fraction of sp³-hybridized carbons (Fsp3) is 0.278. The lowest BCUT2D eigenvalue weighted by atomic mass is 10.2. The first-order chi connectivity index (χ1) is 13.0. The summed E-state index contributed by atoms with van der Waals surface area (Å²) in [5.41, 5.74) is 0.748. The number of thioether (sulfide) groups is 1. The first-order valence-corrected chi connectivity index (χ1v) is 9.45. The van der Waals surface area contributed by atoms with Gasteiger partial charge < -0.3 is 5.32 Å². The lowest BCUT2D eigenvalue weighted by Crippen LogP contribution is -2.15. The number of hydrogen-bond donors (Lipinski definition) is 1. The van der Waals surface area contributed by atoms with Crippen molar-refractivity contribution in [1.82, 2.24) is 14.6 Å². The Morgan fingerprint density at radius 2 is 2.11 bits per heavy atom. The molecule has 0 saturated carbocycles. The molecule has 140 valence electrons. The molecule has 0 aliphatic carbocycles. The van der Waals surface area contributed by atoms with Gasteiger partial charge in [0.25, 0.3) is 11.6 Å². The summed E-state index contributed by atoms with van der Waals surface area (Å²) in [5, 5.41) is 18.3. The molecule has 0 saturated heterocycles. The normalized spacial score (nSPS) is 11.1. The number of hydrogen-bond acceptors (Lipinski definition) is 6. The predicted octanol–water partition coefficient (Wildman–Crippen LogP) is 4.03. The highest BCUT2D eigenvalue weighted by atomic mass is 32.2. The number of benzene rings is 1. The molecule has 3 aromatic rings. The minimum atomic E-state index is -0.452. The van der Waals surface area contributed by atoms with Gasteiger partial charge in [0.05, 0.1) is 16.0 Å². The van der Waals surface area contributed by atoms with E-state index in [-0.39, 0.29) is 11.3 Å². The van der Waals surface area contributed by atoms with Crippen LogP contribution in [0.5, 0.6) is 0 Å². The van der Waals surface area contributed by atoms with E-state index in [4.69, 9.17) is 0 Å². The Morgan fingerprint density at radius 3 is 2.85 bits per heavy atom. The zero-order valence-electron chi connectivity index (χ0n) is 15.0. The molecule has 3 rings (SSSR count). The lowest BCUT2D eigenvalue weighted by Gasteiger charge is -2.09. The average Bonchev–Trinajstić information content (AvgIpc) is 3.11. The van der Waals surface area contributed by atoms with Crippen LogP contribution in [0.1, 0.15) is 30.6 Å². The zero-order valence-corrected chi connectivity index (χ0v) is 15.8. The third-order valence-electron chi connectivity index (χ3n) is 3.90. The van der Waals surface area contributed by atoms with Gasteiger partial charge in [0, 0.05) is 23.9 Å². The standard InChI is InChI=1S/C18H19N5O3S/c1-12(2)7-10-27-15-4-3-13(11-14(15)23(25)26)18(24)21-17-5-8-19-16-6-9-20-22(16)17/h3-6,8-9,11-12H,7,10H2,1-2H3,(H,21,24). The van der Waals surface area contributed by atoms with Gasteiger partial charge in [-0.25, -0.2) is 4.98 Å². The summed E-state index contributed by atoms with van der Waals surface area (Å²) in [5.74, 6) is 1.31. The second-order valence-corrected chi connectivity index (χ2v) is 7.49. The summed E-state index contributed by atoms with van der Waals surface area (Å²) in [6.45, 7) is 4.22. The highest BCUT2D eigenvalue weighted by molar-refractivity contribution is 7.99. The zero-order chi connectivity index (χ0) is 19.4. The van der Waals surface area contributed by atoms with Crippen molar-refractivity contribution in [1.29, 1.82) is 0 Å². The van der Waals surface area contributed by atoms with Crippen molar-refractivity contribution in [2.24, 2.45) is 5.92 Å². The number of nitro groups is 1. The van der Waals surface area contributed by atoms with Crippen LogP contribution in [0.3, 0.4) is 0 Å². The van der Waals surface area contributed by atoms with Crippen LogP contribution in [-0.2, 0) is 0 Å². The summed E-state index contributed by atoms with van der Waals surface area (Å²) in [4.78, 5) is 28.2. The minimum absolute atomic E-state index is 0.0598. The monoisotopic (exact) mass is 385 g/mol. The van der Waals surface area contributed by atoms with Gasteiger partial charge in [-0.1, -0.05) is 13.8 Å². The maximum absolute atomic E-state index is 12.6. The topological polar surface area (TPSA) is 102 Å². The maximum Gasteiger partial charge on any atom is 0.283 e. The molecule has 0 radical (unpaired) electrons.